The van der Waals surface area contributed by atoms with Crippen LogP contribution >= 0.6 is 0 Å². The van der Waals surface area contributed by atoms with Gasteiger partial charge in [0.05, 0.1) is 12.0 Å². The molecular weight excluding hydrogens is 461 g/mol. The highest BCUT2D eigenvalue weighted by Gasteiger charge is 2.37. The number of benzene rings is 2. The van der Waals surface area contributed by atoms with Gasteiger partial charge in [-0.3, -0.25) is 4.79 Å². The lowest BCUT2D eigenvalue weighted by atomic mass is 10.2. The van der Waals surface area contributed by atoms with Crippen molar-refractivity contribution >= 4 is 21.6 Å². The predicted octanol–water partition coefficient (Wildman–Crippen LogP) is 3.38. The minimum atomic E-state index is -4.09. The SMILES string of the molecule is COc1ccc(-c2nc(S(=O)(=O)c3ccc(F)cc3)c(N3CCN(C(=O)C4CC4)CC3)o2)cc1. The number of halogens is 1. The molecule has 0 radical (unpaired) electrons. The quantitative estimate of drug-likeness (QED) is 0.494. The summed E-state index contributed by atoms with van der Waals surface area (Å²) in [6.07, 6.45) is 1.87. The van der Waals surface area contributed by atoms with Gasteiger partial charge in [0, 0.05) is 37.7 Å². The molecule has 10 heteroatoms. The molecule has 1 aliphatic carbocycles. The van der Waals surface area contributed by atoms with Crippen molar-refractivity contribution in [3.63, 3.8) is 0 Å². The summed E-state index contributed by atoms with van der Waals surface area (Å²) in [5.74, 6) is 0.674. The zero-order valence-electron chi connectivity index (χ0n) is 18.6. The summed E-state index contributed by atoms with van der Waals surface area (Å²) in [5, 5.41) is -0.230. The highest BCUT2D eigenvalue weighted by atomic mass is 32.2. The number of amides is 1. The lowest BCUT2D eigenvalue weighted by molar-refractivity contribution is -0.132. The molecule has 0 N–H and O–H groups in total. The van der Waals surface area contributed by atoms with Crippen molar-refractivity contribution < 1.29 is 26.8 Å². The van der Waals surface area contributed by atoms with Gasteiger partial charge in [-0.15, -0.1) is 0 Å². The zero-order chi connectivity index (χ0) is 23.9. The van der Waals surface area contributed by atoms with Gasteiger partial charge in [0.25, 0.3) is 0 Å². The maximum absolute atomic E-state index is 13.5. The molecule has 1 saturated heterocycles. The lowest BCUT2D eigenvalue weighted by Crippen LogP contribution is -2.49. The normalized spacial score (nSPS) is 16.5. The van der Waals surface area contributed by atoms with E-state index < -0.39 is 15.7 Å². The number of carbonyl (C=O) groups is 1. The Kier molecular flexibility index (Phi) is 5.76. The maximum Gasteiger partial charge on any atom is 0.236 e. The van der Waals surface area contributed by atoms with E-state index in [0.717, 1.165) is 25.0 Å². The number of sulfone groups is 1. The summed E-state index contributed by atoms with van der Waals surface area (Å²) in [5.41, 5.74) is 0.588. The van der Waals surface area contributed by atoms with Crippen LogP contribution < -0.4 is 9.64 Å². The van der Waals surface area contributed by atoms with Crippen molar-refractivity contribution in [1.82, 2.24) is 9.88 Å². The van der Waals surface area contributed by atoms with E-state index >= 15 is 0 Å². The smallest absolute Gasteiger partial charge is 0.236 e. The fourth-order valence-electron chi connectivity index (χ4n) is 3.97. The first kappa shape index (κ1) is 22.4. The van der Waals surface area contributed by atoms with E-state index in [1.165, 1.54) is 12.1 Å². The predicted molar refractivity (Wildman–Crippen MR) is 122 cm³/mol. The molecule has 0 atom stereocenters. The Bertz CT molecular complexity index is 1290. The molecule has 1 aromatic heterocycles. The second-order valence-corrected chi connectivity index (χ2v) is 10.3. The largest absolute Gasteiger partial charge is 0.497 e. The van der Waals surface area contributed by atoms with E-state index in [9.17, 15) is 17.6 Å². The van der Waals surface area contributed by atoms with Crippen LogP contribution in [0.3, 0.4) is 0 Å². The van der Waals surface area contributed by atoms with Crippen molar-refractivity contribution in [2.45, 2.75) is 22.8 Å². The number of oxazole rings is 1. The van der Waals surface area contributed by atoms with Crippen molar-refractivity contribution in [1.29, 1.82) is 0 Å². The highest BCUT2D eigenvalue weighted by Crippen LogP contribution is 2.36. The van der Waals surface area contributed by atoms with Crippen LogP contribution in [0.5, 0.6) is 5.75 Å². The first-order valence-electron chi connectivity index (χ1n) is 11.1. The van der Waals surface area contributed by atoms with E-state index in [1.807, 2.05) is 4.90 Å². The number of hydrogen-bond acceptors (Lipinski definition) is 7. The molecule has 2 aromatic carbocycles. The Labute approximate surface area is 196 Å². The Morgan fingerprint density at radius 3 is 2.26 bits per heavy atom. The first-order chi connectivity index (χ1) is 16.4. The van der Waals surface area contributed by atoms with Gasteiger partial charge in [-0.1, -0.05) is 0 Å². The molecule has 34 heavy (non-hydrogen) atoms. The molecule has 1 aliphatic heterocycles. The molecule has 3 aromatic rings. The topological polar surface area (TPSA) is 93.0 Å². The molecule has 2 aliphatic rings. The number of hydrogen-bond donors (Lipinski definition) is 0. The number of ether oxygens (including phenoxy) is 1. The number of nitrogens with zero attached hydrogens (tertiary/aromatic N) is 3. The first-order valence-corrected chi connectivity index (χ1v) is 12.5. The van der Waals surface area contributed by atoms with Crippen LogP contribution in [-0.4, -0.2) is 57.5 Å². The second kappa shape index (κ2) is 8.75. The van der Waals surface area contributed by atoms with E-state index in [1.54, 1.807) is 36.3 Å². The van der Waals surface area contributed by atoms with Gasteiger partial charge in [-0.25, -0.2) is 12.8 Å². The standard InChI is InChI=1S/C24H24FN3O5S/c1-32-19-8-4-16(5-9-19)21-26-22(34(30,31)20-10-6-18(25)7-11-20)24(33-21)28-14-12-27(13-15-28)23(29)17-2-3-17/h4-11,17H,2-3,12-15H2,1H3. The fraction of sp³-hybridized carbons (Fsp3) is 0.333. The molecule has 0 spiro atoms. The van der Waals surface area contributed by atoms with Gasteiger partial charge in [0.15, 0.2) is 0 Å². The van der Waals surface area contributed by atoms with E-state index in [0.29, 0.717) is 37.5 Å². The van der Waals surface area contributed by atoms with Crippen molar-refractivity contribution in [3.05, 3.63) is 54.3 Å². The fourth-order valence-corrected chi connectivity index (χ4v) is 5.30. The van der Waals surface area contributed by atoms with Gasteiger partial charge in [-0.05, 0) is 61.4 Å². The Balaban J connectivity index is 1.50. The summed E-state index contributed by atoms with van der Waals surface area (Å²) >= 11 is 0. The Morgan fingerprint density at radius 1 is 1.03 bits per heavy atom. The average Bonchev–Trinajstić information content (AvgIpc) is 3.61. The number of piperazine rings is 1. The van der Waals surface area contributed by atoms with Gasteiger partial charge in [0.2, 0.25) is 32.5 Å². The molecule has 1 amide bonds. The molecule has 2 fully saturated rings. The van der Waals surface area contributed by atoms with Crippen molar-refractivity contribution in [2.24, 2.45) is 5.92 Å². The number of aromatic nitrogens is 1. The molecular formula is C24H24FN3O5S. The summed E-state index contributed by atoms with van der Waals surface area (Å²) < 4.78 is 51.6. The molecule has 8 nitrogen and oxygen atoms in total. The van der Waals surface area contributed by atoms with Gasteiger partial charge in [-0.2, -0.15) is 4.98 Å². The average molecular weight is 486 g/mol. The third-order valence-corrected chi connectivity index (χ3v) is 7.77. The third-order valence-electron chi connectivity index (χ3n) is 6.10. The Morgan fingerprint density at radius 2 is 1.68 bits per heavy atom. The van der Waals surface area contributed by atoms with E-state index in [4.69, 9.17) is 9.15 Å². The van der Waals surface area contributed by atoms with Crippen LogP contribution in [0.4, 0.5) is 10.3 Å². The molecule has 1 saturated carbocycles. The minimum absolute atomic E-state index is 0.0766. The van der Waals surface area contributed by atoms with Gasteiger partial charge >= 0.3 is 0 Å². The zero-order valence-corrected chi connectivity index (χ0v) is 19.4. The molecule has 0 bridgehead atoms. The second-order valence-electron chi connectivity index (χ2n) is 8.40. The van der Waals surface area contributed by atoms with Crippen LogP contribution in [-0.2, 0) is 14.6 Å². The van der Waals surface area contributed by atoms with E-state index in [-0.39, 0.29) is 33.5 Å². The van der Waals surface area contributed by atoms with Crippen LogP contribution in [0.1, 0.15) is 12.8 Å². The molecule has 178 valence electrons. The van der Waals surface area contributed by atoms with Crippen LogP contribution in [0.2, 0.25) is 0 Å². The summed E-state index contributed by atoms with van der Waals surface area (Å²) in [4.78, 5) is 20.3. The van der Waals surface area contributed by atoms with Gasteiger partial charge in [0.1, 0.15) is 11.6 Å². The van der Waals surface area contributed by atoms with Crippen molar-refractivity contribution in [2.75, 3.05) is 38.2 Å². The number of carbonyl (C=O) groups excluding carboxylic acids is 1. The monoisotopic (exact) mass is 485 g/mol. The summed E-state index contributed by atoms with van der Waals surface area (Å²) in [7, 11) is -2.53. The Hall–Kier alpha value is -3.40. The molecule has 2 heterocycles. The summed E-state index contributed by atoms with van der Waals surface area (Å²) in [6, 6.07) is 11.5. The highest BCUT2D eigenvalue weighted by molar-refractivity contribution is 7.91. The van der Waals surface area contributed by atoms with E-state index in [2.05, 4.69) is 4.98 Å². The third kappa shape index (κ3) is 4.25. The van der Waals surface area contributed by atoms with Crippen LogP contribution in [0.15, 0.2) is 62.9 Å². The number of methoxy groups -OCH3 is 1. The van der Waals surface area contributed by atoms with Crippen LogP contribution in [0.25, 0.3) is 11.5 Å². The number of rotatable bonds is 6. The maximum atomic E-state index is 13.5. The molecule has 0 unspecified atom stereocenters. The van der Waals surface area contributed by atoms with Crippen LogP contribution in [0, 0.1) is 11.7 Å². The number of anilines is 1. The van der Waals surface area contributed by atoms with Crippen molar-refractivity contribution in [3.8, 4) is 17.2 Å². The van der Waals surface area contributed by atoms with Gasteiger partial charge < -0.3 is 19.0 Å². The molecule has 5 rings (SSSR count). The summed E-state index contributed by atoms with van der Waals surface area (Å²) in [6.45, 7) is 1.79. The lowest BCUT2D eigenvalue weighted by Gasteiger charge is -2.34. The minimum Gasteiger partial charge on any atom is -0.497 e.